The summed E-state index contributed by atoms with van der Waals surface area (Å²) >= 11 is 0. The summed E-state index contributed by atoms with van der Waals surface area (Å²) < 4.78 is 0. The van der Waals surface area contributed by atoms with Crippen LogP contribution in [0.3, 0.4) is 0 Å². The minimum absolute atomic E-state index is 0.728. The molecule has 1 aliphatic heterocycles. The van der Waals surface area contributed by atoms with Crippen LogP contribution in [0.25, 0.3) is 0 Å². The van der Waals surface area contributed by atoms with E-state index in [4.69, 9.17) is 0 Å². The molecule has 1 fully saturated rings. The van der Waals surface area contributed by atoms with Gasteiger partial charge in [0.15, 0.2) is 0 Å². The van der Waals surface area contributed by atoms with Crippen molar-refractivity contribution < 1.29 is 0 Å². The van der Waals surface area contributed by atoms with Gasteiger partial charge in [0.25, 0.3) is 0 Å². The highest BCUT2D eigenvalue weighted by molar-refractivity contribution is 4.85. The first kappa shape index (κ1) is 15.9. The van der Waals surface area contributed by atoms with Gasteiger partial charge in [-0.1, -0.05) is 20.3 Å². The molecule has 1 N–H and O–H groups in total. The molecule has 0 saturated carbocycles. The smallest absolute Gasteiger partial charge is 0.0218 e. The standard InChI is InChI=1S/C15H33N3/c1-5-9-14-13-18(15(6-2)12-16-14)11-8-7-10-17(3)4/h14-16H,5-13H2,1-4H3. The van der Waals surface area contributed by atoms with Crippen molar-refractivity contribution in [3.05, 3.63) is 0 Å². The van der Waals surface area contributed by atoms with Gasteiger partial charge in [-0.2, -0.15) is 0 Å². The van der Waals surface area contributed by atoms with Crippen LogP contribution >= 0.6 is 0 Å². The van der Waals surface area contributed by atoms with Crippen molar-refractivity contribution >= 4 is 0 Å². The highest BCUT2D eigenvalue weighted by atomic mass is 15.2. The number of hydrogen-bond donors (Lipinski definition) is 1. The summed E-state index contributed by atoms with van der Waals surface area (Å²) in [5.74, 6) is 0. The fourth-order valence-electron chi connectivity index (χ4n) is 2.89. The molecular weight excluding hydrogens is 222 g/mol. The van der Waals surface area contributed by atoms with Crippen LogP contribution in [0.15, 0.2) is 0 Å². The summed E-state index contributed by atoms with van der Waals surface area (Å²) in [6.45, 7) is 9.56. The van der Waals surface area contributed by atoms with Crippen LogP contribution in [0.4, 0.5) is 0 Å². The maximum atomic E-state index is 3.71. The minimum Gasteiger partial charge on any atom is -0.311 e. The predicted molar refractivity (Wildman–Crippen MR) is 80.1 cm³/mol. The molecule has 2 unspecified atom stereocenters. The van der Waals surface area contributed by atoms with Crippen molar-refractivity contribution in [3.63, 3.8) is 0 Å². The fraction of sp³-hybridized carbons (Fsp3) is 1.00. The lowest BCUT2D eigenvalue weighted by Crippen LogP contribution is -2.56. The van der Waals surface area contributed by atoms with Crippen LogP contribution in [-0.2, 0) is 0 Å². The van der Waals surface area contributed by atoms with Gasteiger partial charge in [0, 0.05) is 25.2 Å². The molecule has 0 spiro atoms. The molecule has 1 rings (SSSR count). The van der Waals surface area contributed by atoms with Gasteiger partial charge in [0.1, 0.15) is 0 Å². The van der Waals surface area contributed by atoms with Crippen LogP contribution in [0.2, 0.25) is 0 Å². The number of hydrogen-bond acceptors (Lipinski definition) is 3. The molecule has 0 bridgehead atoms. The molecule has 1 saturated heterocycles. The van der Waals surface area contributed by atoms with Gasteiger partial charge in [-0.05, 0) is 52.9 Å². The lowest BCUT2D eigenvalue weighted by atomic mass is 10.0. The second-order valence-corrected chi connectivity index (χ2v) is 5.96. The molecule has 2 atom stereocenters. The molecule has 1 aliphatic rings. The Balaban J connectivity index is 2.28. The number of unbranched alkanes of at least 4 members (excludes halogenated alkanes) is 1. The predicted octanol–water partition coefficient (Wildman–Crippen LogP) is 2.18. The summed E-state index contributed by atoms with van der Waals surface area (Å²) in [6.07, 6.45) is 6.56. The SMILES string of the molecule is CCCC1CN(CCCCN(C)C)C(CC)CN1. The van der Waals surface area contributed by atoms with Gasteiger partial charge < -0.3 is 10.2 Å². The molecule has 0 aromatic heterocycles. The third-order valence-electron chi connectivity index (χ3n) is 4.02. The summed E-state index contributed by atoms with van der Waals surface area (Å²) in [5, 5.41) is 3.71. The summed E-state index contributed by atoms with van der Waals surface area (Å²) in [6, 6.07) is 1.49. The van der Waals surface area contributed by atoms with E-state index in [9.17, 15) is 0 Å². The van der Waals surface area contributed by atoms with Crippen molar-refractivity contribution in [3.8, 4) is 0 Å². The van der Waals surface area contributed by atoms with Crippen LogP contribution < -0.4 is 5.32 Å². The fourth-order valence-corrected chi connectivity index (χ4v) is 2.89. The van der Waals surface area contributed by atoms with Crippen molar-refractivity contribution in [1.82, 2.24) is 15.1 Å². The van der Waals surface area contributed by atoms with Gasteiger partial charge in [-0.15, -0.1) is 0 Å². The van der Waals surface area contributed by atoms with E-state index in [0.717, 1.165) is 12.1 Å². The quantitative estimate of drug-likeness (QED) is 0.671. The normalized spacial score (nSPS) is 25.8. The zero-order chi connectivity index (χ0) is 13.4. The van der Waals surface area contributed by atoms with Crippen LogP contribution in [-0.4, -0.2) is 62.2 Å². The molecule has 108 valence electrons. The number of nitrogens with zero attached hydrogens (tertiary/aromatic N) is 2. The first-order valence-corrected chi connectivity index (χ1v) is 7.79. The van der Waals surface area contributed by atoms with Crippen molar-refractivity contribution in [2.75, 3.05) is 40.3 Å². The molecule has 1 heterocycles. The highest BCUT2D eigenvalue weighted by Crippen LogP contribution is 2.14. The second-order valence-electron chi connectivity index (χ2n) is 5.96. The minimum atomic E-state index is 0.728. The average molecular weight is 255 g/mol. The molecule has 18 heavy (non-hydrogen) atoms. The van der Waals surface area contributed by atoms with Crippen LogP contribution in [0.5, 0.6) is 0 Å². The number of piperazine rings is 1. The summed E-state index contributed by atoms with van der Waals surface area (Å²) in [4.78, 5) is 5.02. The maximum absolute atomic E-state index is 3.71. The van der Waals surface area contributed by atoms with E-state index in [-0.39, 0.29) is 0 Å². The lowest BCUT2D eigenvalue weighted by molar-refractivity contribution is 0.120. The molecule has 0 aliphatic carbocycles. The molecule has 0 aromatic rings. The Morgan fingerprint density at radius 1 is 1.22 bits per heavy atom. The second kappa shape index (κ2) is 8.89. The Kier molecular flexibility index (Phi) is 7.87. The van der Waals surface area contributed by atoms with Crippen LogP contribution in [0, 0.1) is 0 Å². The van der Waals surface area contributed by atoms with Gasteiger partial charge in [-0.3, -0.25) is 4.90 Å². The summed E-state index contributed by atoms with van der Waals surface area (Å²) in [7, 11) is 4.33. The molecular formula is C15H33N3. The first-order chi connectivity index (χ1) is 8.67. The third-order valence-corrected chi connectivity index (χ3v) is 4.02. The maximum Gasteiger partial charge on any atom is 0.0218 e. The van der Waals surface area contributed by atoms with Crippen LogP contribution in [0.1, 0.15) is 46.0 Å². The van der Waals surface area contributed by atoms with E-state index in [0.29, 0.717) is 0 Å². The van der Waals surface area contributed by atoms with Gasteiger partial charge in [0.05, 0.1) is 0 Å². The van der Waals surface area contributed by atoms with Crippen molar-refractivity contribution in [2.45, 2.75) is 58.0 Å². The molecule has 0 amide bonds. The number of nitrogens with one attached hydrogen (secondary N) is 1. The summed E-state index contributed by atoms with van der Waals surface area (Å²) in [5.41, 5.74) is 0. The van der Waals surface area contributed by atoms with Gasteiger partial charge in [-0.25, -0.2) is 0 Å². The van der Waals surface area contributed by atoms with E-state index in [2.05, 4.69) is 43.1 Å². The van der Waals surface area contributed by atoms with Crippen molar-refractivity contribution in [2.24, 2.45) is 0 Å². The van der Waals surface area contributed by atoms with E-state index in [1.54, 1.807) is 0 Å². The molecule has 0 aromatic carbocycles. The van der Waals surface area contributed by atoms with Gasteiger partial charge in [0.2, 0.25) is 0 Å². The van der Waals surface area contributed by atoms with Crippen molar-refractivity contribution in [1.29, 1.82) is 0 Å². The van der Waals surface area contributed by atoms with E-state index >= 15 is 0 Å². The Morgan fingerprint density at radius 2 is 2.00 bits per heavy atom. The zero-order valence-corrected chi connectivity index (χ0v) is 12.9. The lowest BCUT2D eigenvalue weighted by Gasteiger charge is -2.40. The zero-order valence-electron chi connectivity index (χ0n) is 12.9. The molecule has 3 heteroatoms. The largest absolute Gasteiger partial charge is 0.311 e. The topological polar surface area (TPSA) is 18.5 Å². The molecule has 0 radical (unpaired) electrons. The Labute approximate surface area is 114 Å². The molecule has 3 nitrogen and oxygen atoms in total. The number of rotatable bonds is 8. The Hall–Kier alpha value is -0.120. The van der Waals surface area contributed by atoms with Gasteiger partial charge >= 0.3 is 0 Å². The van der Waals surface area contributed by atoms with E-state index in [1.165, 1.54) is 58.3 Å². The monoisotopic (exact) mass is 255 g/mol. The van der Waals surface area contributed by atoms with E-state index in [1.807, 2.05) is 0 Å². The Morgan fingerprint density at radius 3 is 2.61 bits per heavy atom. The van der Waals surface area contributed by atoms with E-state index < -0.39 is 0 Å². The Bertz CT molecular complexity index is 206. The highest BCUT2D eigenvalue weighted by Gasteiger charge is 2.25. The first-order valence-electron chi connectivity index (χ1n) is 7.79. The average Bonchev–Trinajstić information content (AvgIpc) is 2.35. The third kappa shape index (κ3) is 5.68.